The van der Waals surface area contributed by atoms with Gasteiger partial charge in [-0.2, -0.15) is 5.26 Å². The van der Waals surface area contributed by atoms with Crippen LogP contribution in [-0.2, 0) is 5.41 Å². The Morgan fingerprint density at radius 2 is 2.15 bits per heavy atom. The van der Waals surface area contributed by atoms with Crippen LogP contribution >= 0.6 is 11.6 Å². The zero-order valence-corrected chi connectivity index (χ0v) is 7.67. The Hall–Kier alpha value is -1.20. The van der Waals surface area contributed by atoms with Crippen LogP contribution in [0.4, 0.5) is 0 Å². The maximum atomic E-state index is 9.19. The largest absolute Gasteiger partial charge is 0.506 e. The van der Waals surface area contributed by atoms with E-state index in [0.717, 1.165) is 18.4 Å². The first-order chi connectivity index (χ1) is 6.18. The first-order valence-corrected chi connectivity index (χ1v) is 4.46. The van der Waals surface area contributed by atoms with Crippen LogP contribution in [0, 0.1) is 11.3 Å². The number of hydrogen-bond donors (Lipinski definition) is 1. The summed E-state index contributed by atoms with van der Waals surface area (Å²) in [5.41, 5.74) is 0.593. The molecule has 0 atom stereocenters. The van der Waals surface area contributed by atoms with Gasteiger partial charge >= 0.3 is 0 Å². The highest BCUT2D eigenvalue weighted by Gasteiger charge is 2.44. The summed E-state index contributed by atoms with van der Waals surface area (Å²) < 4.78 is 0. The number of rotatable bonds is 1. The van der Waals surface area contributed by atoms with Gasteiger partial charge in [-0.3, -0.25) is 0 Å². The Balaban J connectivity index is 2.44. The lowest BCUT2D eigenvalue weighted by atomic mass is 9.98. The predicted molar refractivity (Wildman–Crippen MR) is 49.6 cm³/mol. The molecular weight excluding hydrogens is 186 g/mol. The molecule has 0 heterocycles. The Bertz CT molecular complexity index is 390. The van der Waals surface area contributed by atoms with E-state index in [1.54, 1.807) is 12.1 Å². The van der Waals surface area contributed by atoms with Gasteiger partial charge in [-0.1, -0.05) is 17.7 Å². The fourth-order valence-electron chi connectivity index (χ4n) is 1.39. The van der Waals surface area contributed by atoms with Crippen LogP contribution in [0.5, 0.6) is 5.75 Å². The van der Waals surface area contributed by atoms with Crippen LogP contribution in [0.3, 0.4) is 0 Å². The van der Waals surface area contributed by atoms with E-state index in [9.17, 15) is 5.11 Å². The summed E-state index contributed by atoms with van der Waals surface area (Å²) in [6.45, 7) is 0. The standard InChI is InChI=1S/C10H8ClNO/c11-8-5-7(1-2-9(8)13)10(6-12)3-4-10/h1-2,5,13H,3-4H2. The Morgan fingerprint density at radius 3 is 2.62 bits per heavy atom. The second-order valence-electron chi connectivity index (χ2n) is 3.36. The second-order valence-corrected chi connectivity index (χ2v) is 3.77. The summed E-state index contributed by atoms with van der Waals surface area (Å²) in [5.74, 6) is 0.0687. The molecule has 1 aliphatic carbocycles. The van der Waals surface area contributed by atoms with Gasteiger partial charge in [0.15, 0.2) is 0 Å². The molecule has 2 rings (SSSR count). The smallest absolute Gasteiger partial charge is 0.134 e. The van der Waals surface area contributed by atoms with Crippen molar-refractivity contribution in [2.24, 2.45) is 0 Å². The van der Waals surface area contributed by atoms with Crippen LogP contribution < -0.4 is 0 Å². The average molecular weight is 194 g/mol. The Labute approximate surface area is 81.4 Å². The van der Waals surface area contributed by atoms with E-state index in [2.05, 4.69) is 6.07 Å². The van der Waals surface area contributed by atoms with Gasteiger partial charge in [-0.25, -0.2) is 0 Å². The minimum atomic E-state index is -0.322. The first kappa shape index (κ1) is 8.40. The minimum Gasteiger partial charge on any atom is -0.506 e. The summed E-state index contributed by atoms with van der Waals surface area (Å²) in [6, 6.07) is 7.25. The summed E-state index contributed by atoms with van der Waals surface area (Å²) in [7, 11) is 0. The molecule has 0 aromatic heterocycles. The predicted octanol–water partition coefficient (Wildman–Crippen LogP) is 2.60. The normalized spacial score (nSPS) is 17.8. The fourth-order valence-corrected chi connectivity index (χ4v) is 1.58. The minimum absolute atomic E-state index is 0.0687. The van der Waals surface area contributed by atoms with Crippen molar-refractivity contribution < 1.29 is 5.11 Å². The molecule has 1 aromatic rings. The van der Waals surface area contributed by atoms with Gasteiger partial charge < -0.3 is 5.11 Å². The Kier molecular flexibility index (Phi) is 1.71. The van der Waals surface area contributed by atoms with Gasteiger partial charge in [-0.15, -0.1) is 0 Å². The number of phenolic OH excluding ortho intramolecular Hbond substituents is 1. The molecule has 0 radical (unpaired) electrons. The lowest BCUT2D eigenvalue weighted by Crippen LogP contribution is -2.01. The zero-order valence-electron chi connectivity index (χ0n) is 6.92. The SMILES string of the molecule is N#CC1(c2ccc(O)c(Cl)c2)CC1. The molecule has 1 saturated carbocycles. The molecular formula is C10H8ClNO. The van der Waals surface area contributed by atoms with E-state index in [1.807, 2.05) is 0 Å². The van der Waals surface area contributed by atoms with Crippen LogP contribution in [0.15, 0.2) is 18.2 Å². The molecule has 1 fully saturated rings. The maximum Gasteiger partial charge on any atom is 0.134 e. The summed E-state index contributed by atoms with van der Waals surface area (Å²) >= 11 is 5.75. The highest BCUT2D eigenvalue weighted by atomic mass is 35.5. The van der Waals surface area contributed by atoms with E-state index >= 15 is 0 Å². The lowest BCUT2D eigenvalue weighted by molar-refractivity contribution is 0.475. The van der Waals surface area contributed by atoms with Crippen molar-refractivity contribution in [2.75, 3.05) is 0 Å². The molecule has 0 amide bonds. The first-order valence-electron chi connectivity index (χ1n) is 4.08. The second kappa shape index (κ2) is 2.65. The summed E-state index contributed by atoms with van der Waals surface area (Å²) in [5, 5.41) is 18.4. The number of aromatic hydroxyl groups is 1. The van der Waals surface area contributed by atoms with Crippen molar-refractivity contribution >= 4 is 11.6 Å². The topological polar surface area (TPSA) is 44.0 Å². The summed E-state index contributed by atoms with van der Waals surface area (Å²) in [6.07, 6.45) is 1.79. The molecule has 0 saturated heterocycles. The van der Waals surface area contributed by atoms with Crippen molar-refractivity contribution in [3.63, 3.8) is 0 Å². The average Bonchev–Trinajstić information content (AvgIpc) is 2.90. The molecule has 0 unspecified atom stereocenters. The third-order valence-electron chi connectivity index (χ3n) is 2.46. The lowest BCUT2D eigenvalue weighted by Gasteiger charge is -2.06. The quantitative estimate of drug-likeness (QED) is 0.745. The van der Waals surface area contributed by atoms with E-state index < -0.39 is 0 Å². The van der Waals surface area contributed by atoms with Crippen LogP contribution in [-0.4, -0.2) is 5.11 Å². The highest BCUT2D eigenvalue weighted by molar-refractivity contribution is 6.32. The van der Waals surface area contributed by atoms with Gasteiger partial charge in [0, 0.05) is 0 Å². The molecule has 0 aliphatic heterocycles. The van der Waals surface area contributed by atoms with Crippen LogP contribution in [0.1, 0.15) is 18.4 Å². The summed E-state index contributed by atoms with van der Waals surface area (Å²) in [4.78, 5) is 0. The van der Waals surface area contributed by atoms with Crippen molar-refractivity contribution in [3.8, 4) is 11.8 Å². The molecule has 1 aromatic carbocycles. The molecule has 0 bridgehead atoms. The number of halogens is 1. The van der Waals surface area contributed by atoms with E-state index in [0.29, 0.717) is 5.02 Å². The number of benzene rings is 1. The Morgan fingerprint density at radius 1 is 1.46 bits per heavy atom. The van der Waals surface area contributed by atoms with E-state index in [-0.39, 0.29) is 11.2 Å². The van der Waals surface area contributed by atoms with Crippen molar-refractivity contribution in [2.45, 2.75) is 18.3 Å². The number of hydrogen-bond acceptors (Lipinski definition) is 2. The molecule has 13 heavy (non-hydrogen) atoms. The highest BCUT2D eigenvalue weighted by Crippen LogP contribution is 2.48. The number of nitrogens with zero attached hydrogens (tertiary/aromatic N) is 1. The van der Waals surface area contributed by atoms with Crippen molar-refractivity contribution in [3.05, 3.63) is 28.8 Å². The van der Waals surface area contributed by atoms with Gasteiger partial charge in [0.2, 0.25) is 0 Å². The number of nitriles is 1. The molecule has 2 nitrogen and oxygen atoms in total. The van der Waals surface area contributed by atoms with Crippen molar-refractivity contribution in [1.29, 1.82) is 5.26 Å². The molecule has 66 valence electrons. The van der Waals surface area contributed by atoms with Crippen LogP contribution in [0.2, 0.25) is 5.02 Å². The molecule has 3 heteroatoms. The van der Waals surface area contributed by atoms with Gasteiger partial charge in [0.1, 0.15) is 5.75 Å². The third kappa shape index (κ3) is 1.26. The fraction of sp³-hybridized carbons (Fsp3) is 0.300. The number of phenols is 1. The monoisotopic (exact) mass is 193 g/mol. The van der Waals surface area contributed by atoms with Crippen molar-refractivity contribution in [1.82, 2.24) is 0 Å². The van der Waals surface area contributed by atoms with Gasteiger partial charge in [-0.05, 0) is 30.5 Å². The molecule has 0 spiro atoms. The molecule has 1 N–H and O–H groups in total. The molecule has 1 aliphatic rings. The third-order valence-corrected chi connectivity index (χ3v) is 2.77. The van der Waals surface area contributed by atoms with E-state index in [4.69, 9.17) is 16.9 Å². The van der Waals surface area contributed by atoms with Gasteiger partial charge in [0.05, 0.1) is 16.5 Å². The van der Waals surface area contributed by atoms with Crippen LogP contribution in [0.25, 0.3) is 0 Å². The van der Waals surface area contributed by atoms with E-state index in [1.165, 1.54) is 6.07 Å². The maximum absolute atomic E-state index is 9.19. The van der Waals surface area contributed by atoms with Gasteiger partial charge in [0.25, 0.3) is 0 Å². The zero-order chi connectivity index (χ0) is 9.47.